The minimum Gasteiger partial charge on any atom is -0.278 e. The fraction of sp³-hybridized carbons (Fsp3) is 0.182. The van der Waals surface area contributed by atoms with Gasteiger partial charge in [-0.25, -0.2) is 8.42 Å². The fourth-order valence-corrected chi connectivity index (χ4v) is 4.03. The molecule has 0 bridgehead atoms. The summed E-state index contributed by atoms with van der Waals surface area (Å²) in [5.41, 5.74) is 0.519. The Morgan fingerprint density at radius 3 is 2.40 bits per heavy atom. The molecule has 2 aromatic rings. The topological polar surface area (TPSA) is 64.0 Å². The van der Waals surface area contributed by atoms with E-state index in [2.05, 4.69) is 9.82 Å². The number of aromatic nitrogens is 2. The van der Waals surface area contributed by atoms with Crippen LogP contribution in [0.25, 0.3) is 0 Å². The van der Waals surface area contributed by atoms with Crippen molar-refractivity contribution in [3.63, 3.8) is 0 Å². The molecule has 0 atom stereocenters. The van der Waals surface area contributed by atoms with Crippen molar-refractivity contribution in [3.8, 4) is 0 Å². The predicted octanol–water partition coefficient (Wildman–Crippen LogP) is 3.49. The van der Waals surface area contributed by atoms with E-state index in [4.69, 9.17) is 34.8 Å². The molecular weight excluding hydrogens is 345 g/mol. The Morgan fingerprint density at radius 2 is 1.90 bits per heavy atom. The van der Waals surface area contributed by atoms with E-state index in [-0.39, 0.29) is 20.8 Å². The molecule has 0 saturated heterocycles. The van der Waals surface area contributed by atoms with Crippen molar-refractivity contribution in [1.82, 2.24) is 9.78 Å². The van der Waals surface area contributed by atoms with Gasteiger partial charge in [-0.2, -0.15) is 5.10 Å². The standard InChI is InChI=1S/C11H10Cl3N3O2S/c1-6-10(11(14)17(2)15-6)20(18,19)16-9-4-3-7(12)5-8(9)13/h3-5,16H,1-2H3. The molecule has 1 aromatic carbocycles. The van der Waals surface area contributed by atoms with E-state index in [0.717, 1.165) is 0 Å². The summed E-state index contributed by atoms with van der Waals surface area (Å²) < 4.78 is 28.4. The van der Waals surface area contributed by atoms with Crippen molar-refractivity contribution in [2.45, 2.75) is 11.8 Å². The van der Waals surface area contributed by atoms with E-state index >= 15 is 0 Å². The lowest BCUT2D eigenvalue weighted by molar-refractivity contribution is 0.600. The lowest BCUT2D eigenvalue weighted by Crippen LogP contribution is -2.14. The van der Waals surface area contributed by atoms with Crippen molar-refractivity contribution < 1.29 is 8.42 Å². The predicted molar refractivity (Wildman–Crippen MR) is 80.2 cm³/mol. The van der Waals surface area contributed by atoms with Gasteiger partial charge in [-0.1, -0.05) is 34.8 Å². The van der Waals surface area contributed by atoms with Crippen molar-refractivity contribution in [1.29, 1.82) is 0 Å². The number of anilines is 1. The summed E-state index contributed by atoms with van der Waals surface area (Å²) in [5, 5.41) is 4.60. The molecule has 0 aliphatic carbocycles. The van der Waals surface area contributed by atoms with E-state index in [0.29, 0.717) is 10.7 Å². The van der Waals surface area contributed by atoms with Crippen LogP contribution in [0.1, 0.15) is 5.69 Å². The van der Waals surface area contributed by atoms with E-state index in [1.165, 1.54) is 22.9 Å². The van der Waals surface area contributed by atoms with Gasteiger partial charge in [0.25, 0.3) is 10.0 Å². The number of benzene rings is 1. The van der Waals surface area contributed by atoms with Gasteiger partial charge in [0, 0.05) is 12.1 Å². The molecule has 0 aliphatic heterocycles. The highest BCUT2D eigenvalue weighted by Gasteiger charge is 2.25. The summed E-state index contributed by atoms with van der Waals surface area (Å²) in [6.45, 7) is 1.56. The molecule has 1 heterocycles. The van der Waals surface area contributed by atoms with Gasteiger partial charge >= 0.3 is 0 Å². The van der Waals surface area contributed by atoms with E-state index in [1.54, 1.807) is 14.0 Å². The Morgan fingerprint density at radius 1 is 1.25 bits per heavy atom. The molecule has 108 valence electrons. The number of sulfonamides is 1. The maximum atomic E-state index is 12.4. The molecule has 1 N–H and O–H groups in total. The summed E-state index contributed by atoms with van der Waals surface area (Å²) in [4.78, 5) is -0.0762. The van der Waals surface area contributed by atoms with Gasteiger partial charge in [-0.05, 0) is 25.1 Å². The maximum absolute atomic E-state index is 12.4. The summed E-state index contributed by atoms with van der Waals surface area (Å²) >= 11 is 17.7. The van der Waals surface area contributed by atoms with Crippen molar-refractivity contribution in [3.05, 3.63) is 39.1 Å². The first-order valence-electron chi connectivity index (χ1n) is 5.39. The van der Waals surface area contributed by atoms with Crippen LogP contribution in [0.5, 0.6) is 0 Å². The van der Waals surface area contributed by atoms with Crippen molar-refractivity contribution >= 4 is 50.5 Å². The zero-order valence-corrected chi connectivity index (χ0v) is 13.6. The van der Waals surface area contributed by atoms with E-state index in [9.17, 15) is 8.42 Å². The number of nitrogens with zero attached hydrogens (tertiary/aromatic N) is 2. The maximum Gasteiger partial charge on any atom is 0.266 e. The quantitative estimate of drug-likeness (QED) is 0.917. The molecule has 0 spiro atoms. The first kappa shape index (κ1) is 15.4. The fourth-order valence-electron chi connectivity index (χ4n) is 1.68. The second-order valence-corrected chi connectivity index (χ2v) is 6.88. The minimum absolute atomic E-state index is 0.0279. The first-order chi connectivity index (χ1) is 9.22. The summed E-state index contributed by atoms with van der Waals surface area (Å²) in [6, 6.07) is 4.45. The molecule has 2 rings (SSSR count). The molecule has 0 fully saturated rings. The van der Waals surface area contributed by atoms with Crippen molar-refractivity contribution in [2.24, 2.45) is 7.05 Å². The average Bonchev–Trinajstić information content (AvgIpc) is 2.57. The van der Waals surface area contributed by atoms with Gasteiger partial charge in [-0.15, -0.1) is 0 Å². The van der Waals surface area contributed by atoms with E-state index in [1.807, 2.05) is 0 Å². The van der Waals surface area contributed by atoms with Crippen LogP contribution in [0.2, 0.25) is 15.2 Å². The molecule has 5 nitrogen and oxygen atoms in total. The summed E-state index contributed by atoms with van der Waals surface area (Å²) in [5.74, 6) is 0. The van der Waals surface area contributed by atoms with Crippen LogP contribution in [-0.4, -0.2) is 18.2 Å². The van der Waals surface area contributed by atoms with Crippen molar-refractivity contribution in [2.75, 3.05) is 4.72 Å². The molecule has 1 aromatic heterocycles. The van der Waals surface area contributed by atoms with Crippen LogP contribution in [0, 0.1) is 6.92 Å². The van der Waals surface area contributed by atoms with Crippen LogP contribution in [0.15, 0.2) is 23.1 Å². The van der Waals surface area contributed by atoms with Crippen LogP contribution in [-0.2, 0) is 17.1 Å². The first-order valence-corrected chi connectivity index (χ1v) is 8.01. The van der Waals surface area contributed by atoms with Crippen LogP contribution >= 0.6 is 34.8 Å². The van der Waals surface area contributed by atoms with Gasteiger partial charge in [0.15, 0.2) is 0 Å². The normalized spacial score (nSPS) is 11.7. The molecule has 0 radical (unpaired) electrons. The Balaban J connectivity index is 2.46. The molecular formula is C11H10Cl3N3O2S. The molecule has 20 heavy (non-hydrogen) atoms. The second-order valence-electron chi connectivity index (χ2n) is 4.06. The number of aryl methyl sites for hydroxylation is 2. The zero-order chi connectivity index (χ0) is 15.1. The monoisotopic (exact) mass is 353 g/mol. The largest absolute Gasteiger partial charge is 0.278 e. The zero-order valence-electron chi connectivity index (χ0n) is 10.5. The highest BCUT2D eigenvalue weighted by Crippen LogP contribution is 2.30. The lowest BCUT2D eigenvalue weighted by atomic mass is 10.3. The molecule has 0 amide bonds. The number of hydrogen-bond acceptors (Lipinski definition) is 3. The molecule has 0 unspecified atom stereocenters. The highest BCUT2D eigenvalue weighted by atomic mass is 35.5. The number of hydrogen-bond donors (Lipinski definition) is 1. The average molecular weight is 355 g/mol. The molecule has 0 saturated carbocycles. The third kappa shape index (κ3) is 2.88. The van der Waals surface area contributed by atoms with Crippen LogP contribution in [0.3, 0.4) is 0 Å². The Hall–Kier alpha value is -0.950. The third-order valence-electron chi connectivity index (χ3n) is 2.54. The lowest BCUT2D eigenvalue weighted by Gasteiger charge is -2.09. The SMILES string of the molecule is Cc1nn(C)c(Cl)c1S(=O)(=O)Nc1ccc(Cl)cc1Cl. The third-order valence-corrected chi connectivity index (χ3v) is 5.15. The van der Waals surface area contributed by atoms with Gasteiger partial charge in [0.1, 0.15) is 10.0 Å². The van der Waals surface area contributed by atoms with Gasteiger partial charge in [0.05, 0.1) is 16.4 Å². The Bertz CT molecular complexity index is 771. The summed E-state index contributed by atoms with van der Waals surface area (Å²) in [6.07, 6.45) is 0. The van der Waals surface area contributed by atoms with Gasteiger partial charge in [-0.3, -0.25) is 9.40 Å². The smallest absolute Gasteiger partial charge is 0.266 e. The van der Waals surface area contributed by atoms with Crippen LogP contribution < -0.4 is 4.72 Å². The minimum atomic E-state index is -3.88. The molecule has 0 aliphatic rings. The number of nitrogens with one attached hydrogen (secondary N) is 1. The highest BCUT2D eigenvalue weighted by molar-refractivity contribution is 7.92. The van der Waals surface area contributed by atoms with Gasteiger partial charge in [0.2, 0.25) is 0 Å². The Labute approximate surface area is 131 Å². The number of halogens is 3. The number of rotatable bonds is 3. The van der Waals surface area contributed by atoms with Crippen LogP contribution in [0.4, 0.5) is 5.69 Å². The Kier molecular flexibility index (Phi) is 4.20. The second kappa shape index (κ2) is 5.44. The molecule has 9 heteroatoms. The van der Waals surface area contributed by atoms with Gasteiger partial charge < -0.3 is 0 Å². The summed E-state index contributed by atoms with van der Waals surface area (Å²) in [7, 11) is -2.32. The van der Waals surface area contributed by atoms with E-state index < -0.39 is 10.0 Å².